The van der Waals surface area contributed by atoms with Crippen LogP contribution in [0.5, 0.6) is 0 Å². The molecule has 1 aliphatic heterocycles. The Morgan fingerprint density at radius 1 is 1.19 bits per heavy atom. The molecule has 1 saturated heterocycles. The third kappa shape index (κ3) is 7.45. The summed E-state index contributed by atoms with van der Waals surface area (Å²) >= 11 is 5.40. The molecule has 3 heterocycles. The van der Waals surface area contributed by atoms with Gasteiger partial charge in [0, 0.05) is 0 Å². The molecule has 2 aromatic carbocycles. The second-order valence-electron chi connectivity index (χ2n) is 9.75. The molecule has 0 unspecified atom stereocenters. The zero-order valence-corrected chi connectivity index (χ0v) is 26.1. The molecule has 2 aromatic heterocycles. The summed E-state index contributed by atoms with van der Waals surface area (Å²) in [5, 5.41) is 30.6. The van der Waals surface area contributed by atoms with Crippen molar-refractivity contribution in [3.63, 3.8) is 0 Å². The van der Waals surface area contributed by atoms with Gasteiger partial charge < -0.3 is 0 Å². The SMILES string of the molecule is Cc1cn([C@H]2C[C@H](n3cc(C[Se]c4ccc(NC(=S)Nc5cccc(S(N)(=O)=O)c5)cc4)nn3)[C@@H](CO)O2)c(=O)[nH]c1=O. The van der Waals surface area contributed by atoms with Gasteiger partial charge in [-0.25, -0.2) is 0 Å². The molecule has 14 nitrogen and oxygen atoms in total. The second-order valence-corrected chi connectivity index (χ2v) is 13.9. The molecular weight excluding hydrogens is 663 g/mol. The van der Waals surface area contributed by atoms with Crippen LogP contribution in [0.2, 0.25) is 0 Å². The molecular formula is C26H28N8O6S2Se. The van der Waals surface area contributed by atoms with E-state index in [9.17, 15) is 23.1 Å². The van der Waals surface area contributed by atoms with Gasteiger partial charge in [0.05, 0.1) is 0 Å². The topological polar surface area (TPSA) is 199 Å². The van der Waals surface area contributed by atoms with Gasteiger partial charge in [-0.3, -0.25) is 0 Å². The number of hydrogen-bond donors (Lipinski definition) is 5. The van der Waals surface area contributed by atoms with Gasteiger partial charge in [0.2, 0.25) is 0 Å². The summed E-state index contributed by atoms with van der Waals surface area (Å²) in [6.07, 6.45) is 2.39. The van der Waals surface area contributed by atoms with Gasteiger partial charge >= 0.3 is 258 Å². The zero-order valence-electron chi connectivity index (χ0n) is 22.7. The van der Waals surface area contributed by atoms with Crippen LogP contribution in [0.1, 0.15) is 29.9 Å². The minimum absolute atomic E-state index is 0.0152. The number of H-pyrrole nitrogens is 1. The predicted octanol–water partition coefficient (Wildman–Crippen LogP) is -0.0564. The van der Waals surface area contributed by atoms with Crippen molar-refractivity contribution in [3.8, 4) is 0 Å². The number of nitrogens with one attached hydrogen (secondary N) is 3. The maximum atomic E-state index is 12.3. The summed E-state index contributed by atoms with van der Waals surface area (Å²) in [7, 11) is -3.82. The maximum absolute atomic E-state index is 12.3. The number of ether oxygens (including phenoxy) is 1. The molecule has 4 aromatic rings. The van der Waals surface area contributed by atoms with Crippen molar-refractivity contribution in [2.75, 3.05) is 17.2 Å². The van der Waals surface area contributed by atoms with Crippen LogP contribution >= 0.6 is 12.2 Å². The van der Waals surface area contributed by atoms with E-state index in [0.29, 0.717) is 28.1 Å². The Labute approximate surface area is 257 Å². The zero-order chi connectivity index (χ0) is 30.7. The first kappa shape index (κ1) is 30.7. The van der Waals surface area contributed by atoms with Crippen LogP contribution in [0.3, 0.4) is 0 Å². The quantitative estimate of drug-likeness (QED) is 0.116. The molecule has 0 radical (unpaired) electrons. The summed E-state index contributed by atoms with van der Waals surface area (Å²) < 4.78 is 33.2. The fourth-order valence-electron chi connectivity index (χ4n) is 4.51. The molecule has 226 valence electrons. The number of thiocarbonyl (C=S) groups is 1. The molecule has 5 rings (SSSR count). The van der Waals surface area contributed by atoms with Crippen LogP contribution in [0, 0.1) is 6.92 Å². The third-order valence-electron chi connectivity index (χ3n) is 6.66. The number of nitrogens with two attached hydrogens (primary N) is 1. The number of benzene rings is 2. The number of hydrogen-bond acceptors (Lipinski definition) is 9. The Morgan fingerprint density at radius 3 is 2.65 bits per heavy atom. The van der Waals surface area contributed by atoms with Crippen LogP contribution in [-0.2, 0) is 20.1 Å². The average Bonchev–Trinajstić information content (AvgIpc) is 3.61. The van der Waals surface area contributed by atoms with Gasteiger partial charge in [0.15, 0.2) is 0 Å². The molecule has 0 bridgehead atoms. The fraction of sp³-hybridized carbons (Fsp3) is 0.269. The van der Waals surface area contributed by atoms with Crippen molar-refractivity contribution in [1.29, 1.82) is 0 Å². The number of aryl methyl sites for hydroxylation is 1. The molecule has 43 heavy (non-hydrogen) atoms. The van der Waals surface area contributed by atoms with Crippen molar-refractivity contribution in [1.82, 2.24) is 24.5 Å². The molecule has 17 heteroatoms. The number of aliphatic hydroxyl groups excluding tert-OH is 1. The summed E-state index contributed by atoms with van der Waals surface area (Å²) in [6.45, 7) is 1.34. The molecule has 0 spiro atoms. The molecule has 0 saturated carbocycles. The number of aromatic amines is 1. The molecule has 0 amide bonds. The van der Waals surface area contributed by atoms with E-state index in [2.05, 4.69) is 25.9 Å². The molecule has 3 atom stereocenters. The Balaban J connectivity index is 1.16. The van der Waals surface area contributed by atoms with Crippen LogP contribution < -0.4 is 31.5 Å². The summed E-state index contributed by atoms with van der Waals surface area (Å²) in [6, 6.07) is 13.5. The second kappa shape index (κ2) is 12.9. The van der Waals surface area contributed by atoms with E-state index in [1.807, 2.05) is 30.5 Å². The Morgan fingerprint density at radius 2 is 1.93 bits per heavy atom. The number of aliphatic hydroxyl groups is 1. The number of primary sulfonamides is 1. The van der Waals surface area contributed by atoms with Crippen molar-refractivity contribution in [2.24, 2.45) is 5.14 Å². The normalized spacial score (nSPS) is 18.4. The van der Waals surface area contributed by atoms with Crippen molar-refractivity contribution < 1.29 is 18.3 Å². The monoisotopic (exact) mass is 692 g/mol. The minimum atomic E-state index is -3.82. The fourth-order valence-corrected chi connectivity index (χ4v) is 6.93. The van der Waals surface area contributed by atoms with E-state index in [1.54, 1.807) is 23.7 Å². The van der Waals surface area contributed by atoms with E-state index in [0.717, 1.165) is 15.8 Å². The van der Waals surface area contributed by atoms with Crippen molar-refractivity contribution in [2.45, 2.75) is 41.9 Å². The van der Waals surface area contributed by atoms with Gasteiger partial charge in [-0.05, 0) is 0 Å². The summed E-state index contributed by atoms with van der Waals surface area (Å²) in [5.41, 5.74) is 1.39. The molecule has 6 N–H and O–H groups in total. The van der Waals surface area contributed by atoms with E-state index in [1.165, 1.54) is 22.9 Å². The van der Waals surface area contributed by atoms with Gasteiger partial charge in [-0.15, -0.1) is 0 Å². The van der Waals surface area contributed by atoms with Gasteiger partial charge in [0.1, 0.15) is 0 Å². The van der Waals surface area contributed by atoms with E-state index in [-0.39, 0.29) is 32.5 Å². The van der Waals surface area contributed by atoms with Gasteiger partial charge in [0.25, 0.3) is 0 Å². The van der Waals surface area contributed by atoms with Gasteiger partial charge in [-0.2, -0.15) is 0 Å². The van der Waals surface area contributed by atoms with Crippen molar-refractivity contribution in [3.05, 3.63) is 93.0 Å². The third-order valence-corrected chi connectivity index (χ3v) is 9.97. The van der Waals surface area contributed by atoms with Crippen LogP contribution in [0.4, 0.5) is 11.4 Å². The number of nitrogens with zero attached hydrogens (tertiary/aromatic N) is 4. The number of anilines is 2. The van der Waals surface area contributed by atoms with Crippen LogP contribution in [-0.4, -0.2) is 70.8 Å². The summed E-state index contributed by atoms with van der Waals surface area (Å²) in [5.74, 6) is 0. The summed E-state index contributed by atoms with van der Waals surface area (Å²) in [4.78, 5) is 26.3. The van der Waals surface area contributed by atoms with E-state index >= 15 is 0 Å². The molecule has 0 aliphatic carbocycles. The first-order valence-electron chi connectivity index (χ1n) is 12.9. The number of aromatic nitrogens is 5. The predicted molar refractivity (Wildman–Crippen MR) is 164 cm³/mol. The first-order chi connectivity index (χ1) is 20.5. The average molecular weight is 692 g/mol. The van der Waals surface area contributed by atoms with Crippen LogP contribution in [0.15, 0.2) is 75.4 Å². The van der Waals surface area contributed by atoms with Crippen molar-refractivity contribution >= 4 is 58.1 Å². The van der Waals surface area contributed by atoms with Gasteiger partial charge in [-0.1, -0.05) is 0 Å². The Hall–Kier alpha value is -3.70. The Bertz CT molecular complexity index is 1860. The first-order valence-corrected chi connectivity index (χ1v) is 17.0. The van der Waals surface area contributed by atoms with E-state index in [4.69, 9.17) is 22.1 Å². The standard InChI is InChI=1S/C26H28N8O6S2Se/c1-15-11-33(26(37)30-24(15)36)23-10-21(22(13-35)40-23)34-12-18(31-32-34)14-43-20-7-5-16(6-8-20)28-25(41)29-17-3-2-4-19(9-17)42(27,38)39/h2-9,11-12,21-23,35H,10,13-14H2,1H3,(H2,27,38,39)(H2,28,29,41)(H,30,36,37)/t21-,22+,23+/m0/s1. The Kier molecular flexibility index (Phi) is 9.22. The molecule has 1 aliphatic rings. The number of rotatable bonds is 9. The molecule has 1 fully saturated rings. The van der Waals surface area contributed by atoms with Crippen LogP contribution in [0.25, 0.3) is 0 Å². The van der Waals surface area contributed by atoms with E-state index < -0.39 is 33.6 Å². The number of sulfonamides is 1.